The van der Waals surface area contributed by atoms with Crippen LogP contribution in [-0.4, -0.2) is 33.1 Å². The maximum absolute atomic E-state index is 11.4. The lowest BCUT2D eigenvalue weighted by atomic mass is 10.2. The first-order chi connectivity index (χ1) is 8.50. The molecule has 0 fully saturated rings. The van der Waals surface area contributed by atoms with Crippen LogP contribution in [-0.2, 0) is 16.1 Å². The largest absolute Gasteiger partial charge is 0.472 e. The molecule has 0 spiro atoms. The molecule has 2 N–H and O–H groups in total. The summed E-state index contributed by atoms with van der Waals surface area (Å²) in [6.45, 7) is -0.177. The van der Waals surface area contributed by atoms with Gasteiger partial charge in [0.2, 0.25) is 0 Å². The Morgan fingerprint density at radius 2 is 1.67 bits per heavy atom. The van der Waals surface area contributed by atoms with Gasteiger partial charge in [-0.15, -0.1) is 0 Å². The number of imide groups is 1. The molecule has 92 valence electrons. The zero-order valence-corrected chi connectivity index (χ0v) is 9.16. The Hall–Kier alpha value is -2.81. The molecule has 0 saturated carbocycles. The molecule has 1 aromatic carbocycles. The SMILES string of the molecule is O=C(O)C#CC(=O)N(Cc1ccccc1)C(=O)O. The van der Waals surface area contributed by atoms with Gasteiger partial charge in [-0.05, 0) is 5.56 Å². The fourth-order valence-corrected chi connectivity index (χ4v) is 1.17. The van der Waals surface area contributed by atoms with Crippen LogP contribution in [0.2, 0.25) is 0 Å². The fourth-order valence-electron chi connectivity index (χ4n) is 1.17. The molecule has 0 aliphatic carbocycles. The van der Waals surface area contributed by atoms with E-state index in [0.29, 0.717) is 10.5 Å². The number of nitrogens with zero attached hydrogens (tertiary/aromatic N) is 1. The lowest BCUT2D eigenvalue weighted by Gasteiger charge is -2.13. The molecular formula is C12H9NO5. The number of amides is 2. The molecule has 0 radical (unpaired) electrons. The highest BCUT2D eigenvalue weighted by atomic mass is 16.4. The van der Waals surface area contributed by atoms with Crippen LogP contribution in [0, 0.1) is 11.8 Å². The first-order valence-corrected chi connectivity index (χ1v) is 4.84. The molecule has 0 atom stereocenters. The Kier molecular flexibility index (Phi) is 4.46. The second-order valence-electron chi connectivity index (χ2n) is 3.21. The predicted octanol–water partition coefficient (Wildman–Crippen LogP) is 0.781. The topological polar surface area (TPSA) is 94.9 Å². The van der Waals surface area contributed by atoms with E-state index in [4.69, 9.17) is 10.2 Å². The average molecular weight is 247 g/mol. The molecule has 0 aliphatic heterocycles. The lowest BCUT2D eigenvalue weighted by Crippen LogP contribution is -2.34. The van der Waals surface area contributed by atoms with Gasteiger partial charge in [0.15, 0.2) is 0 Å². The Bertz CT molecular complexity index is 526. The monoisotopic (exact) mass is 247 g/mol. The highest BCUT2D eigenvalue weighted by Crippen LogP contribution is 2.04. The van der Waals surface area contributed by atoms with E-state index < -0.39 is 18.0 Å². The minimum atomic E-state index is -1.49. The zero-order valence-electron chi connectivity index (χ0n) is 9.16. The summed E-state index contributed by atoms with van der Waals surface area (Å²) >= 11 is 0. The van der Waals surface area contributed by atoms with Gasteiger partial charge in [-0.25, -0.2) is 14.5 Å². The molecule has 0 bridgehead atoms. The molecule has 1 aromatic rings. The van der Waals surface area contributed by atoms with Crippen molar-refractivity contribution in [2.45, 2.75) is 6.54 Å². The smallest absolute Gasteiger partial charge is 0.415 e. The summed E-state index contributed by atoms with van der Waals surface area (Å²) in [6, 6.07) is 8.44. The van der Waals surface area contributed by atoms with E-state index in [9.17, 15) is 14.4 Å². The van der Waals surface area contributed by atoms with Gasteiger partial charge in [0, 0.05) is 11.8 Å². The summed E-state index contributed by atoms with van der Waals surface area (Å²) in [5, 5.41) is 17.1. The Labute approximate surface area is 102 Å². The maximum Gasteiger partial charge on any atom is 0.415 e. The summed E-state index contributed by atoms with van der Waals surface area (Å²) < 4.78 is 0. The van der Waals surface area contributed by atoms with Crippen molar-refractivity contribution in [2.75, 3.05) is 0 Å². The van der Waals surface area contributed by atoms with E-state index in [1.165, 1.54) is 0 Å². The fraction of sp³-hybridized carbons (Fsp3) is 0.0833. The maximum atomic E-state index is 11.4. The van der Waals surface area contributed by atoms with Crippen molar-refractivity contribution in [3.8, 4) is 11.8 Å². The van der Waals surface area contributed by atoms with Gasteiger partial charge < -0.3 is 10.2 Å². The molecule has 0 saturated heterocycles. The summed E-state index contributed by atoms with van der Waals surface area (Å²) in [5.74, 6) is 0.751. The standard InChI is InChI=1S/C12H9NO5/c14-10(6-7-11(15)16)13(12(17)18)8-9-4-2-1-3-5-9/h1-5H,8H2,(H,15,16)(H,17,18). The molecule has 0 aliphatic rings. The number of carbonyl (C=O) groups excluding carboxylic acids is 1. The number of hydrogen-bond acceptors (Lipinski definition) is 3. The van der Waals surface area contributed by atoms with Gasteiger partial charge in [0.1, 0.15) is 0 Å². The quantitative estimate of drug-likeness (QED) is 0.753. The number of carbonyl (C=O) groups is 3. The molecule has 0 unspecified atom stereocenters. The average Bonchev–Trinajstić information content (AvgIpc) is 2.34. The van der Waals surface area contributed by atoms with Crippen LogP contribution in [0.15, 0.2) is 30.3 Å². The summed E-state index contributed by atoms with van der Waals surface area (Å²) in [7, 11) is 0. The van der Waals surface area contributed by atoms with Crippen molar-refractivity contribution in [1.29, 1.82) is 0 Å². The third-order valence-electron chi connectivity index (χ3n) is 1.94. The highest BCUT2D eigenvalue weighted by Gasteiger charge is 2.19. The van der Waals surface area contributed by atoms with Crippen molar-refractivity contribution in [3.63, 3.8) is 0 Å². The number of rotatable bonds is 2. The first-order valence-electron chi connectivity index (χ1n) is 4.84. The van der Waals surface area contributed by atoms with Crippen LogP contribution in [0.4, 0.5) is 4.79 Å². The van der Waals surface area contributed by atoms with E-state index in [-0.39, 0.29) is 6.54 Å². The number of aliphatic carboxylic acids is 1. The molecule has 6 heteroatoms. The van der Waals surface area contributed by atoms with Gasteiger partial charge in [0.25, 0.3) is 0 Å². The summed E-state index contributed by atoms with van der Waals surface area (Å²) in [5.41, 5.74) is 0.602. The van der Waals surface area contributed by atoms with Gasteiger partial charge in [-0.3, -0.25) is 4.79 Å². The number of hydrogen-bond donors (Lipinski definition) is 2. The molecular weight excluding hydrogens is 238 g/mol. The predicted molar refractivity (Wildman–Crippen MR) is 60.4 cm³/mol. The van der Waals surface area contributed by atoms with Crippen LogP contribution in [0.25, 0.3) is 0 Å². The normalized spacial score (nSPS) is 8.89. The third-order valence-corrected chi connectivity index (χ3v) is 1.94. The van der Waals surface area contributed by atoms with Gasteiger partial charge in [-0.1, -0.05) is 30.3 Å². The number of carboxylic acid groups (broad SMARTS) is 2. The molecule has 2 amide bonds. The third kappa shape index (κ3) is 3.98. The van der Waals surface area contributed by atoms with Gasteiger partial charge in [-0.2, -0.15) is 0 Å². The minimum absolute atomic E-state index is 0.177. The van der Waals surface area contributed by atoms with Crippen LogP contribution in [0.3, 0.4) is 0 Å². The van der Waals surface area contributed by atoms with Gasteiger partial charge in [0.05, 0.1) is 6.54 Å². The summed E-state index contributed by atoms with van der Waals surface area (Å²) in [6.07, 6.45) is -1.48. The van der Waals surface area contributed by atoms with Crippen molar-refractivity contribution in [2.24, 2.45) is 0 Å². The van der Waals surface area contributed by atoms with E-state index in [1.807, 2.05) is 0 Å². The van der Waals surface area contributed by atoms with Crippen LogP contribution in [0.5, 0.6) is 0 Å². The Morgan fingerprint density at radius 1 is 1.06 bits per heavy atom. The second kappa shape index (κ2) is 6.06. The zero-order chi connectivity index (χ0) is 13.5. The van der Waals surface area contributed by atoms with E-state index in [2.05, 4.69) is 0 Å². The summed E-state index contributed by atoms with van der Waals surface area (Å²) in [4.78, 5) is 32.9. The lowest BCUT2D eigenvalue weighted by molar-refractivity contribution is -0.131. The van der Waals surface area contributed by atoms with Crippen LogP contribution >= 0.6 is 0 Å². The Balaban J connectivity index is 2.85. The molecule has 0 heterocycles. The highest BCUT2D eigenvalue weighted by molar-refractivity contribution is 6.05. The molecule has 1 rings (SSSR count). The van der Waals surface area contributed by atoms with Gasteiger partial charge >= 0.3 is 18.0 Å². The number of carboxylic acids is 1. The minimum Gasteiger partial charge on any atom is -0.472 e. The van der Waals surface area contributed by atoms with Crippen molar-refractivity contribution in [1.82, 2.24) is 4.90 Å². The van der Waals surface area contributed by atoms with E-state index in [0.717, 1.165) is 0 Å². The van der Waals surface area contributed by atoms with E-state index >= 15 is 0 Å². The van der Waals surface area contributed by atoms with Crippen molar-refractivity contribution >= 4 is 18.0 Å². The molecule has 0 aromatic heterocycles. The first kappa shape index (κ1) is 13.3. The second-order valence-corrected chi connectivity index (χ2v) is 3.21. The van der Waals surface area contributed by atoms with E-state index in [1.54, 1.807) is 42.2 Å². The van der Waals surface area contributed by atoms with Crippen molar-refractivity contribution < 1.29 is 24.6 Å². The Morgan fingerprint density at radius 3 is 2.17 bits per heavy atom. The van der Waals surface area contributed by atoms with Crippen molar-refractivity contribution in [3.05, 3.63) is 35.9 Å². The van der Waals surface area contributed by atoms with Crippen LogP contribution < -0.4 is 0 Å². The molecule has 6 nitrogen and oxygen atoms in total. The molecule has 18 heavy (non-hydrogen) atoms. The van der Waals surface area contributed by atoms with Crippen LogP contribution in [0.1, 0.15) is 5.56 Å². The number of benzene rings is 1.